The average molecular weight is 180 g/mol. The molecular weight excluding hydrogens is 156 g/mol. The van der Waals surface area contributed by atoms with Crippen molar-refractivity contribution in [2.45, 2.75) is 53.9 Å². The van der Waals surface area contributed by atoms with E-state index in [9.17, 15) is 0 Å². The van der Waals surface area contributed by atoms with Gasteiger partial charge in [-0.1, -0.05) is 50.0 Å². The summed E-state index contributed by atoms with van der Waals surface area (Å²) in [7, 11) is 0. The van der Waals surface area contributed by atoms with E-state index in [1.54, 1.807) is 0 Å². The van der Waals surface area contributed by atoms with Crippen molar-refractivity contribution in [1.29, 1.82) is 0 Å². The number of allylic oxidation sites excluding steroid dienone is 4. The van der Waals surface area contributed by atoms with Crippen molar-refractivity contribution in [2.24, 2.45) is 5.92 Å². The van der Waals surface area contributed by atoms with Crippen LogP contribution in [0.1, 0.15) is 53.9 Å². The molecule has 0 nitrogen and oxygen atoms in total. The molecule has 0 aromatic heterocycles. The third-order valence-corrected chi connectivity index (χ3v) is 2.08. The van der Waals surface area contributed by atoms with Crippen molar-refractivity contribution in [1.82, 2.24) is 0 Å². The molecule has 0 saturated heterocycles. The first kappa shape index (κ1) is 12.5. The van der Waals surface area contributed by atoms with Gasteiger partial charge >= 0.3 is 0 Å². The van der Waals surface area contributed by atoms with Gasteiger partial charge in [0.05, 0.1) is 0 Å². The average Bonchev–Trinajstić information content (AvgIpc) is 1.98. The van der Waals surface area contributed by atoms with Crippen molar-refractivity contribution in [3.05, 3.63) is 23.3 Å². The largest absolute Gasteiger partial charge is 0.0788 e. The van der Waals surface area contributed by atoms with E-state index < -0.39 is 0 Å². The SMILES string of the molecule is CCCCC(C)/C=C(\C)C=C(C)C. The molecule has 0 saturated carbocycles. The molecule has 0 heterocycles. The van der Waals surface area contributed by atoms with Crippen LogP contribution in [0.25, 0.3) is 0 Å². The van der Waals surface area contributed by atoms with Gasteiger partial charge in [0, 0.05) is 0 Å². The van der Waals surface area contributed by atoms with Crippen molar-refractivity contribution < 1.29 is 0 Å². The van der Waals surface area contributed by atoms with Crippen molar-refractivity contribution in [2.75, 3.05) is 0 Å². The van der Waals surface area contributed by atoms with Crippen LogP contribution in [0, 0.1) is 5.92 Å². The van der Waals surface area contributed by atoms with E-state index in [2.05, 4.69) is 46.8 Å². The molecule has 0 radical (unpaired) electrons. The Morgan fingerprint density at radius 3 is 2.31 bits per heavy atom. The molecule has 0 aliphatic carbocycles. The molecule has 0 rings (SSSR count). The Hall–Kier alpha value is -0.520. The van der Waals surface area contributed by atoms with E-state index in [0.717, 1.165) is 5.92 Å². The highest BCUT2D eigenvalue weighted by molar-refractivity contribution is 5.20. The maximum atomic E-state index is 2.38. The van der Waals surface area contributed by atoms with E-state index >= 15 is 0 Å². The predicted octanol–water partition coefficient (Wildman–Crippen LogP) is 4.73. The number of unbranched alkanes of at least 4 members (excludes halogenated alkanes) is 1. The first-order valence-electron chi connectivity index (χ1n) is 5.39. The zero-order chi connectivity index (χ0) is 10.3. The topological polar surface area (TPSA) is 0 Å². The third-order valence-electron chi connectivity index (χ3n) is 2.08. The molecule has 0 bridgehead atoms. The molecular formula is C13H24. The van der Waals surface area contributed by atoms with Crippen LogP contribution in [0.4, 0.5) is 0 Å². The molecule has 0 aliphatic rings. The summed E-state index contributed by atoms with van der Waals surface area (Å²) in [5, 5.41) is 0. The Bertz CT molecular complexity index is 180. The predicted molar refractivity (Wildman–Crippen MR) is 61.9 cm³/mol. The van der Waals surface area contributed by atoms with Crippen molar-refractivity contribution >= 4 is 0 Å². The highest BCUT2D eigenvalue weighted by atomic mass is 14.0. The number of rotatable bonds is 5. The second kappa shape index (κ2) is 6.94. The van der Waals surface area contributed by atoms with Crippen LogP contribution in [0.15, 0.2) is 23.3 Å². The Kier molecular flexibility index (Phi) is 6.66. The number of hydrogen-bond acceptors (Lipinski definition) is 0. The summed E-state index contributed by atoms with van der Waals surface area (Å²) >= 11 is 0. The van der Waals surface area contributed by atoms with E-state index in [1.165, 1.54) is 30.4 Å². The van der Waals surface area contributed by atoms with Gasteiger partial charge in [-0.05, 0) is 33.1 Å². The van der Waals surface area contributed by atoms with Crippen molar-refractivity contribution in [3.63, 3.8) is 0 Å². The summed E-state index contributed by atoms with van der Waals surface area (Å²) in [5.41, 5.74) is 2.79. The Morgan fingerprint density at radius 2 is 1.85 bits per heavy atom. The minimum absolute atomic E-state index is 0.732. The quantitative estimate of drug-likeness (QED) is 0.537. The molecule has 0 fully saturated rings. The van der Waals surface area contributed by atoms with Gasteiger partial charge in [0.25, 0.3) is 0 Å². The lowest BCUT2D eigenvalue weighted by Gasteiger charge is -2.05. The zero-order valence-corrected chi connectivity index (χ0v) is 9.85. The smallest absolute Gasteiger partial charge is 0.0256 e. The van der Waals surface area contributed by atoms with Crippen LogP contribution in [0.3, 0.4) is 0 Å². The zero-order valence-electron chi connectivity index (χ0n) is 9.85. The summed E-state index contributed by atoms with van der Waals surface area (Å²) in [6.45, 7) is 11.0. The third kappa shape index (κ3) is 7.83. The molecule has 0 heteroatoms. The summed E-state index contributed by atoms with van der Waals surface area (Å²) < 4.78 is 0. The fourth-order valence-corrected chi connectivity index (χ4v) is 1.56. The molecule has 0 amide bonds. The lowest BCUT2D eigenvalue weighted by molar-refractivity contribution is 0.596. The Labute approximate surface area is 83.7 Å². The Morgan fingerprint density at radius 1 is 1.23 bits per heavy atom. The molecule has 13 heavy (non-hydrogen) atoms. The fraction of sp³-hybridized carbons (Fsp3) is 0.692. The molecule has 0 aromatic rings. The highest BCUT2D eigenvalue weighted by Crippen LogP contribution is 2.12. The summed E-state index contributed by atoms with van der Waals surface area (Å²) in [6, 6.07) is 0. The maximum Gasteiger partial charge on any atom is -0.0256 e. The van der Waals surface area contributed by atoms with Gasteiger partial charge in [0.15, 0.2) is 0 Å². The summed E-state index contributed by atoms with van der Waals surface area (Å²) in [5.74, 6) is 0.732. The molecule has 0 aromatic carbocycles. The number of hydrogen-bond donors (Lipinski definition) is 0. The van der Waals surface area contributed by atoms with Gasteiger partial charge in [-0.25, -0.2) is 0 Å². The highest BCUT2D eigenvalue weighted by Gasteiger charge is 1.96. The lowest BCUT2D eigenvalue weighted by atomic mass is 10.0. The van der Waals surface area contributed by atoms with Gasteiger partial charge in [-0.15, -0.1) is 0 Å². The molecule has 0 aliphatic heterocycles. The monoisotopic (exact) mass is 180 g/mol. The first-order valence-corrected chi connectivity index (χ1v) is 5.39. The van der Waals surface area contributed by atoms with Crippen LogP contribution < -0.4 is 0 Å². The summed E-state index contributed by atoms with van der Waals surface area (Å²) in [4.78, 5) is 0. The van der Waals surface area contributed by atoms with Crippen molar-refractivity contribution in [3.8, 4) is 0 Å². The second-order valence-corrected chi connectivity index (χ2v) is 4.25. The van der Waals surface area contributed by atoms with Gasteiger partial charge in [0.1, 0.15) is 0 Å². The molecule has 1 atom stereocenters. The minimum Gasteiger partial charge on any atom is -0.0788 e. The molecule has 0 N–H and O–H groups in total. The second-order valence-electron chi connectivity index (χ2n) is 4.25. The van der Waals surface area contributed by atoms with Gasteiger partial charge in [0.2, 0.25) is 0 Å². The van der Waals surface area contributed by atoms with E-state index in [0.29, 0.717) is 0 Å². The van der Waals surface area contributed by atoms with Crippen LogP contribution in [-0.4, -0.2) is 0 Å². The maximum absolute atomic E-state index is 2.38. The fourth-order valence-electron chi connectivity index (χ4n) is 1.56. The standard InChI is InChI=1S/C13H24/c1-6-7-8-12(4)10-13(5)9-11(2)3/h9-10,12H,6-8H2,1-5H3/b13-10+. The van der Waals surface area contributed by atoms with Crippen LogP contribution in [0.2, 0.25) is 0 Å². The van der Waals surface area contributed by atoms with Gasteiger partial charge < -0.3 is 0 Å². The summed E-state index contributed by atoms with van der Waals surface area (Å²) in [6.07, 6.45) is 8.61. The van der Waals surface area contributed by atoms with Crippen LogP contribution in [-0.2, 0) is 0 Å². The van der Waals surface area contributed by atoms with Crippen LogP contribution in [0.5, 0.6) is 0 Å². The van der Waals surface area contributed by atoms with Gasteiger partial charge in [-0.3, -0.25) is 0 Å². The van der Waals surface area contributed by atoms with E-state index in [4.69, 9.17) is 0 Å². The van der Waals surface area contributed by atoms with Crippen LogP contribution >= 0.6 is 0 Å². The molecule has 76 valence electrons. The molecule has 0 spiro atoms. The minimum atomic E-state index is 0.732. The Balaban J connectivity index is 3.98. The van der Waals surface area contributed by atoms with E-state index in [1.807, 2.05) is 0 Å². The first-order chi connectivity index (χ1) is 6.06. The van der Waals surface area contributed by atoms with E-state index in [-0.39, 0.29) is 0 Å². The lowest BCUT2D eigenvalue weighted by Crippen LogP contribution is -1.90. The van der Waals surface area contributed by atoms with Gasteiger partial charge in [-0.2, -0.15) is 0 Å². The molecule has 1 unspecified atom stereocenters. The normalized spacial score (nSPS) is 14.1.